The number of ether oxygens (including phenoxy) is 1. The summed E-state index contributed by atoms with van der Waals surface area (Å²) in [5.41, 5.74) is 6.36. The van der Waals surface area contributed by atoms with E-state index >= 15 is 0 Å². The first-order valence-corrected chi connectivity index (χ1v) is 9.37. The Hall–Kier alpha value is -3.23. The van der Waals surface area contributed by atoms with E-state index in [2.05, 4.69) is 10.1 Å². The summed E-state index contributed by atoms with van der Waals surface area (Å²) in [5, 5.41) is 4.88. The quantitative estimate of drug-likeness (QED) is 0.539. The Balaban J connectivity index is 1.64. The number of nitrogens with two attached hydrogens (primary N) is 1. The van der Waals surface area contributed by atoms with Gasteiger partial charge in [0.2, 0.25) is 4.96 Å². The fourth-order valence-electron chi connectivity index (χ4n) is 2.55. The third-order valence-electron chi connectivity index (χ3n) is 3.82. The predicted octanol–water partition coefficient (Wildman–Crippen LogP) is 1.88. The summed E-state index contributed by atoms with van der Waals surface area (Å²) < 4.78 is 7.02. The Morgan fingerprint density at radius 2 is 2.04 bits per heavy atom. The van der Waals surface area contributed by atoms with Gasteiger partial charge in [-0.15, -0.1) is 5.10 Å². The lowest BCUT2D eigenvalue weighted by Gasteiger charge is -2.03. The molecule has 4 rings (SSSR count). The second-order valence-corrected chi connectivity index (χ2v) is 7.33. The lowest BCUT2D eigenvalue weighted by molar-refractivity contribution is -0.119. The number of thiazole rings is 1. The number of carbonyl (C=O) groups excluding carboxylic acids is 1. The van der Waals surface area contributed by atoms with Crippen LogP contribution >= 0.6 is 22.9 Å². The van der Waals surface area contributed by atoms with Crippen LogP contribution in [0.25, 0.3) is 22.4 Å². The van der Waals surface area contributed by atoms with Gasteiger partial charge in [-0.1, -0.05) is 47.2 Å². The zero-order chi connectivity index (χ0) is 19.7. The van der Waals surface area contributed by atoms with Crippen molar-refractivity contribution in [2.45, 2.75) is 0 Å². The number of halogens is 1. The van der Waals surface area contributed by atoms with E-state index < -0.39 is 5.91 Å². The average molecular weight is 413 g/mol. The zero-order valence-corrected chi connectivity index (χ0v) is 15.9. The van der Waals surface area contributed by atoms with E-state index in [1.165, 1.54) is 15.9 Å². The summed E-state index contributed by atoms with van der Waals surface area (Å²) in [7, 11) is 0. The third-order valence-corrected chi connectivity index (χ3v) is 5.02. The first-order valence-electron chi connectivity index (χ1n) is 8.18. The number of carbonyl (C=O) groups is 1. The Kier molecular flexibility index (Phi) is 4.81. The van der Waals surface area contributed by atoms with Crippen LogP contribution in [-0.2, 0) is 4.79 Å². The van der Waals surface area contributed by atoms with Crippen molar-refractivity contribution >= 4 is 39.9 Å². The molecule has 0 saturated carbocycles. The highest BCUT2D eigenvalue weighted by atomic mass is 35.5. The second-order valence-electron chi connectivity index (χ2n) is 5.88. The number of rotatable bonds is 5. The molecule has 0 spiro atoms. The molecule has 4 aromatic rings. The molecular weight excluding hydrogens is 400 g/mol. The molecule has 0 aliphatic heterocycles. The molecule has 2 N–H and O–H groups in total. The summed E-state index contributed by atoms with van der Waals surface area (Å²) in [5.74, 6) is 0.429. The number of nitrogens with zero attached hydrogens (tertiary/aromatic N) is 3. The average Bonchev–Trinajstić information content (AvgIpc) is 3.21. The van der Waals surface area contributed by atoms with Crippen LogP contribution in [0.3, 0.4) is 0 Å². The van der Waals surface area contributed by atoms with Crippen LogP contribution < -0.4 is 20.6 Å². The number of aromatic nitrogens is 3. The van der Waals surface area contributed by atoms with Gasteiger partial charge in [-0.25, -0.2) is 0 Å². The molecule has 7 nitrogen and oxygen atoms in total. The first kappa shape index (κ1) is 18.1. The lowest BCUT2D eigenvalue weighted by atomic mass is 10.2. The van der Waals surface area contributed by atoms with Crippen molar-refractivity contribution in [2.75, 3.05) is 6.61 Å². The standard InChI is InChI=1S/C19H13ClN4O3S/c20-13-3-1-2-12(9-13)17-22-19-24(23-17)18(26)15(28-19)8-11-4-6-14(7-5-11)27-10-16(21)25/h1-9H,10H2,(H2,21,25)/b15-8-. The molecule has 0 radical (unpaired) electrons. The van der Waals surface area contributed by atoms with Gasteiger partial charge >= 0.3 is 0 Å². The smallest absolute Gasteiger partial charge is 0.291 e. The molecule has 0 bridgehead atoms. The van der Waals surface area contributed by atoms with Crippen LogP contribution in [0.4, 0.5) is 0 Å². The molecule has 0 aliphatic carbocycles. The maximum absolute atomic E-state index is 12.6. The molecule has 0 atom stereocenters. The van der Waals surface area contributed by atoms with E-state index in [0.29, 0.717) is 26.1 Å². The van der Waals surface area contributed by atoms with Gasteiger partial charge in [0.05, 0.1) is 4.53 Å². The molecule has 0 saturated heterocycles. The highest BCUT2D eigenvalue weighted by Gasteiger charge is 2.12. The number of amides is 1. The van der Waals surface area contributed by atoms with Gasteiger partial charge in [0.1, 0.15) is 5.75 Å². The maximum atomic E-state index is 12.6. The molecule has 0 unspecified atom stereocenters. The van der Waals surface area contributed by atoms with Gasteiger partial charge in [-0.3, -0.25) is 9.59 Å². The number of hydrogen-bond acceptors (Lipinski definition) is 6. The molecule has 9 heteroatoms. The van der Waals surface area contributed by atoms with Crippen molar-refractivity contribution in [3.8, 4) is 17.1 Å². The zero-order valence-electron chi connectivity index (χ0n) is 14.3. The van der Waals surface area contributed by atoms with Crippen molar-refractivity contribution in [1.82, 2.24) is 14.6 Å². The van der Waals surface area contributed by atoms with Gasteiger partial charge in [0, 0.05) is 10.6 Å². The van der Waals surface area contributed by atoms with Crippen LogP contribution in [0.5, 0.6) is 5.75 Å². The highest BCUT2D eigenvalue weighted by Crippen LogP contribution is 2.20. The fraction of sp³-hybridized carbons (Fsp3) is 0.0526. The Morgan fingerprint density at radius 1 is 1.25 bits per heavy atom. The normalized spacial score (nSPS) is 11.8. The minimum atomic E-state index is -0.543. The van der Waals surface area contributed by atoms with E-state index in [-0.39, 0.29) is 12.2 Å². The number of hydrogen-bond donors (Lipinski definition) is 1. The van der Waals surface area contributed by atoms with Crippen molar-refractivity contribution < 1.29 is 9.53 Å². The number of benzene rings is 2. The van der Waals surface area contributed by atoms with E-state index in [4.69, 9.17) is 22.1 Å². The highest BCUT2D eigenvalue weighted by molar-refractivity contribution is 7.15. The van der Waals surface area contributed by atoms with Crippen LogP contribution in [0.15, 0.2) is 53.3 Å². The van der Waals surface area contributed by atoms with Crippen molar-refractivity contribution in [2.24, 2.45) is 5.73 Å². The van der Waals surface area contributed by atoms with E-state index in [1.807, 2.05) is 6.07 Å². The topological polar surface area (TPSA) is 99.6 Å². The van der Waals surface area contributed by atoms with Crippen LogP contribution in [0.2, 0.25) is 5.02 Å². The molecule has 0 aliphatic rings. The summed E-state index contributed by atoms with van der Waals surface area (Å²) >= 11 is 7.25. The summed E-state index contributed by atoms with van der Waals surface area (Å²) in [6, 6.07) is 14.1. The predicted molar refractivity (Wildman–Crippen MR) is 107 cm³/mol. The molecule has 2 aromatic heterocycles. The molecule has 140 valence electrons. The number of fused-ring (bicyclic) bond motifs is 1. The van der Waals surface area contributed by atoms with Gasteiger partial charge in [0.25, 0.3) is 11.5 Å². The maximum Gasteiger partial charge on any atom is 0.291 e. The monoisotopic (exact) mass is 412 g/mol. The van der Waals surface area contributed by atoms with E-state index in [1.54, 1.807) is 48.5 Å². The van der Waals surface area contributed by atoms with E-state index in [0.717, 1.165) is 11.1 Å². The minimum absolute atomic E-state index is 0.184. The van der Waals surface area contributed by atoms with Crippen molar-refractivity contribution in [1.29, 1.82) is 0 Å². The van der Waals surface area contributed by atoms with Gasteiger partial charge in [-0.05, 0) is 35.9 Å². The van der Waals surface area contributed by atoms with Crippen LogP contribution in [0.1, 0.15) is 5.56 Å². The van der Waals surface area contributed by atoms with Gasteiger partial charge < -0.3 is 10.5 Å². The molecular formula is C19H13ClN4O3S. The van der Waals surface area contributed by atoms with Gasteiger partial charge in [-0.2, -0.15) is 9.50 Å². The molecule has 1 amide bonds. The van der Waals surface area contributed by atoms with Crippen LogP contribution in [0, 0.1) is 0 Å². The van der Waals surface area contributed by atoms with Crippen molar-refractivity contribution in [3.05, 3.63) is 74.0 Å². The fourth-order valence-corrected chi connectivity index (χ4v) is 3.65. The molecule has 0 fully saturated rings. The molecule has 28 heavy (non-hydrogen) atoms. The van der Waals surface area contributed by atoms with E-state index in [9.17, 15) is 9.59 Å². The van der Waals surface area contributed by atoms with Gasteiger partial charge in [0.15, 0.2) is 12.4 Å². The molecule has 2 aromatic carbocycles. The lowest BCUT2D eigenvalue weighted by Crippen LogP contribution is -2.23. The van der Waals surface area contributed by atoms with Crippen LogP contribution in [-0.4, -0.2) is 27.1 Å². The summed E-state index contributed by atoms with van der Waals surface area (Å²) in [6.07, 6.45) is 1.75. The number of primary amides is 1. The molecule has 2 heterocycles. The summed E-state index contributed by atoms with van der Waals surface area (Å²) in [6.45, 7) is -0.184. The second kappa shape index (κ2) is 7.41. The minimum Gasteiger partial charge on any atom is -0.484 e. The SMILES string of the molecule is NC(=O)COc1ccc(/C=c2\sc3nc(-c4cccc(Cl)c4)nn3c2=O)cc1. The summed E-state index contributed by atoms with van der Waals surface area (Å²) in [4.78, 5) is 28.3. The first-order chi connectivity index (χ1) is 13.5. The Bertz CT molecular complexity index is 1280. The van der Waals surface area contributed by atoms with Crippen molar-refractivity contribution in [3.63, 3.8) is 0 Å². The Morgan fingerprint density at radius 3 is 2.71 bits per heavy atom. The third kappa shape index (κ3) is 3.73. The largest absolute Gasteiger partial charge is 0.484 e. The Labute approximate surface area is 167 Å².